The van der Waals surface area contributed by atoms with E-state index in [1.165, 1.54) is 0 Å². The molecule has 0 radical (unpaired) electrons. The molecular weight excluding hydrogens is 428 g/mol. The summed E-state index contributed by atoms with van der Waals surface area (Å²) in [6.45, 7) is 7.33. The average molecular weight is 453 g/mol. The summed E-state index contributed by atoms with van der Waals surface area (Å²) in [5.41, 5.74) is 3.92. The van der Waals surface area contributed by atoms with Gasteiger partial charge in [-0.15, -0.1) is 0 Å². The fourth-order valence-electron chi connectivity index (χ4n) is 3.66. The van der Waals surface area contributed by atoms with Crippen molar-refractivity contribution in [3.05, 3.63) is 76.8 Å². The summed E-state index contributed by atoms with van der Waals surface area (Å²) in [6.07, 6.45) is 1.03. The van der Waals surface area contributed by atoms with Crippen molar-refractivity contribution in [1.29, 1.82) is 0 Å². The van der Waals surface area contributed by atoms with E-state index in [1.807, 2.05) is 42.5 Å². The molecule has 7 heteroatoms. The van der Waals surface area contributed by atoms with E-state index in [1.54, 1.807) is 0 Å². The topological polar surface area (TPSA) is 54.2 Å². The Morgan fingerprint density at radius 2 is 1.84 bits per heavy atom. The first-order valence-electron chi connectivity index (χ1n) is 10.4. The first kappa shape index (κ1) is 21.5. The highest BCUT2D eigenvalue weighted by molar-refractivity contribution is 7.80. The second kappa shape index (κ2) is 9.20. The van der Waals surface area contributed by atoms with Gasteiger partial charge < -0.3 is 14.7 Å². The number of allylic oxidation sites excluding steroid dienone is 1. The smallest absolute Gasteiger partial charge is 0.258 e. The van der Waals surface area contributed by atoms with Gasteiger partial charge in [0, 0.05) is 22.8 Å². The van der Waals surface area contributed by atoms with Crippen molar-refractivity contribution in [2.45, 2.75) is 33.2 Å². The third-order valence-corrected chi connectivity index (χ3v) is 6.01. The summed E-state index contributed by atoms with van der Waals surface area (Å²) in [5, 5.41) is 9.11. The molecule has 1 unspecified atom stereocenters. The number of hydrogen-bond donors (Lipinski definition) is 1. The molecule has 1 aliphatic rings. The lowest BCUT2D eigenvalue weighted by Crippen LogP contribution is -2.46. The molecule has 0 amide bonds. The Kier molecular flexibility index (Phi) is 6.39. The van der Waals surface area contributed by atoms with Gasteiger partial charge in [-0.3, -0.25) is 0 Å². The van der Waals surface area contributed by atoms with Crippen LogP contribution in [0.15, 0.2) is 64.8 Å². The van der Waals surface area contributed by atoms with E-state index in [9.17, 15) is 0 Å². The molecule has 160 valence electrons. The molecule has 0 saturated heterocycles. The second-order valence-corrected chi connectivity index (χ2v) is 8.88. The molecule has 2 heterocycles. The first-order chi connectivity index (χ1) is 14.9. The molecule has 0 aliphatic carbocycles. The maximum absolute atomic E-state index is 6.02. The van der Waals surface area contributed by atoms with Gasteiger partial charge in [-0.2, -0.15) is 4.98 Å². The Morgan fingerprint density at radius 3 is 2.52 bits per heavy atom. The van der Waals surface area contributed by atoms with Crippen LogP contribution >= 0.6 is 23.8 Å². The van der Waals surface area contributed by atoms with E-state index < -0.39 is 0 Å². The van der Waals surface area contributed by atoms with Gasteiger partial charge in [-0.1, -0.05) is 60.9 Å². The standard InChI is InChI=1S/C24H25ClN4OS/c1-15(2)13-14-29-16(3)20(21(26-24(29)31)17-7-5-4-6-8-17)23-27-22(28-30-23)18-9-11-19(25)12-10-18/h4-12,15,21H,13-14H2,1-3H3,(H,26,31). The van der Waals surface area contributed by atoms with Gasteiger partial charge in [0.1, 0.15) is 0 Å². The fraction of sp³-hybridized carbons (Fsp3) is 0.292. The minimum atomic E-state index is -0.164. The third-order valence-electron chi connectivity index (χ3n) is 5.42. The largest absolute Gasteiger partial charge is 0.351 e. The maximum Gasteiger partial charge on any atom is 0.258 e. The maximum atomic E-state index is 6.02. The Morgan fingerprint density at radius 1 is 1.13 bits per heavy atom. The van der Waals surface area contributed by atoms with Crippen molar-refractivity contribution in [2.24, 2.45) is 5.92 Å². The highest BCUT2D eigenvalue weighted by Crippen LogP contribution is 2.37. The van der Waals surface area contributed by atoms with Gasteiger partial charge in [0.2, 0.25) is 5.82 Å². The van der Waals surface area contributed by atoms with Crippen molar-refractivity contribution in [3.63, 3.8) is 0 Å². The molecule has 0 fully saturated rings. The zero-order valence-corrected chi connectivity index (χ0v) is 19.4. The third kappa shape index (κ3) is 4.65. The molecule has 4 rings (SSSR count). The Balaban J connectivity index is 1.77. The predicted octanol–water partition coefficient (Wildman–Crippen LogP) is 6.10. The number of hydrogen-bond acceptors (Lipinski definition) is 4. The van der Waals surface area contributed by atoms with E-state index in [0.717, 1.165) is 35.4 Å². The van der Waals surface area contributed by atoms with E-state index in [-0.39, 0.29) is 6.04 Å². The second-order valence-electron chi connectivity index (χ2n) is 8.06. The predicted molar refractivity (Wildman–Crippen MR) is 128 cm³/mol. The molecule has 3 aromatic rings. The molecule has 1 aliphatic heterocycles. The van der Waals surface area contributed by atoms with Crippen LogP contribution in [0.5, 0.6) is 0 Å². The number of aromatic nitrogens is 2. The highest BCUT2D eigenvalue weighted by Gasteiger charge is 2.33. The minimum absolute atomic E-state index is 0.164. The Bertz CT molecular complexity index is 1090. The monoisotopic (exact) mass is 452 g/mol. The molecule has 0 saturated carbocycles. The van der Waals surface area contributed by atoms with Crippen LogP contribution in [-0.4, -0.2) is 26.7 Å². The zero-order chi connectivity index (χ0) is 22.0. The Labute approximate surface area is 193 Å². The lowest BCUT2D eigenvalue weighted by Gasteiger charge is -2.37. The number of nitrogens with one attached hydrogen (secondary N) is 1. The quantitative estimate of drug-likeness (QED) is 0.456. The van der Waals surface area contributed by atoms with Crippen molar-refractivity contribution >= 4 is 34.5 Å². The van der Waals surface area contributed by atoms with Crippen LogP contribution in [0.2, 0.25) is 5.02 Å². The summed E-state index contributed by atoms with van der Waals surface area (Å²) < 4.78 is 5.76. The van der Waals surface area contributed by atoms with Crippen molar-refractivity contribution in [3.8, 4) is 11.4 Å². The summed E-state index contributed by atoms with van der Waals surface area (Å²) in [6, 6.07) is 17.4. The number of rotatable bonds is 6. The van der Waals surface area contributed by atoms with Crippen LogP contribution in [0.3, 0.4) is 0 Å². The molecule has 1 N–H and O–H groups in total. The SMILES string of the molecule is CC1=C(c2nc(-c3ccc(Cl)cc3)no2)C(c2ccccc2)NC(=S)N1CCC(C)C. The van der Waals surface area contributed by atoms with Gasteiger partial charge >= 0.3 is 0 Å². The van der Waals surface area contributed by atoms with Crippen LogP contribution < -0.4 is 5.32 Å². The normalized spacial score (nSPS) is 16.7. The van der Waals surface area contributed by atoms with Crippen LogP contribution in [0.25, 0.3) is 17.0 Å². The summed E-state index contributed by atoms with van der Waals surface area (Å²) in [7, 11) is 0. The molecule has 1 atom stereocenters. The lowest BCUT2D eigenvalue weighted by molar-refractivity contribution is 0.390. The van der Waals surface area contributed by atoms with Crippen molar-refractivity contribution in [1.82, 2.24) is 20.4 Å². The molecule has 5 nitrogen and oxygen atoms in total. The molecule has 31 heavy (non-hydrogen) atoms. The molecular formula is C24H25ClN4OS. The molecule has 1 aromatic heterocycles. The van der Waals surface area contributed by atoms with Crippen LogP contribution in [-0.2, 0) is 0 Å². The van der Waals surface area contributed by atoms with Crippen LogP contribution in [0.1, 0.15) is 44.7 Å². The van der Waals surface area contributed by atoms with Gasteiger partial charge in [-0.25, -0.2) is 0 Å². The van der Waals surface area contributed by atoms with E-state index in [2.05, 4.69) is 48.3 Å². The van der Waals surface area contributed by atoms with Crippen LogP contribution in [0.4, 0.5) is 0 Å². The average Bonchev–Trinajstić information content (AvgIpc) is 3.23. The van der Waals surface area contributed by atoms with E-state index >= 15 is 0 Å². The first-order valence-corrected chi connectivity index (χ1v) is 11.2. The summed E-state index contributed by atoms with van der Waals surface area (Å²) in [5.74, 6) is 1.59. The van der Waals surface area contributed by atoms with Gasteiger partial charge in [-0.05, 0) is 61.3 Å². The number of thiocarbonyl (C=S) groups is 1. The lowest BCUT2D eigenvalue weighted by atomic mass is 9.94. The molecule has 2 aromatic carbocycles. The Hall–Kier alpha value is -2.70. The van der Waals surface area contributed by atoms with Crippen molar-refractivity contribution < 1.29 is 4.52 Å². The van der Waals surface area contributed by atoms with Crippen LogP contribution in [0, 0.1) is 5.92 Å². The van der Waals surface area contributed by atoms with Gasteiger partial charge in [0.15, 0.2) is 5.11 Å². The number of benzene rings is 2. The summed E-state index contributed by atoms with van der Waals surface area (Å²) in [4.78, 5) is 6.86. The fourth-order valence-corrected chi connectivity index (χ4v) is 4.13. The molecule has 0 spiro atoms. The number of halogens is 1. The highest BCUT2D eigenvalue weighted by atomic mass is 35.5. The van der Waals surface area contributed by atoms with Gasteiger partial charge in [0.25, 0.3) is 5.89 Å². The minimum Gasteiger partial charge on any atom is -0.351 e. The van der Waals surface area contributed by atoms with E-state index in [4.69, 9.17) is 33.3 Å². The summed E-state index contributed by atoms with van der Waals surface area (Å²) >= 11 is 11.7. The zero-order valence-electron chi connectivity index (χ0n) is 17.8. The van der Waals surface area contributed by atoms with Gasteiger partial charge in [0.05, 0.1) is 11.6 Å². The molecule has 0 bridgehead atoms. The number of nitrogens with zero attached hydrogens (tertiary/aromatic N) is 3. The van der Waals surface area contributed by atoms with E-state index in [0.29, 0.717) is 27.8 Å². The van der Waals surface area contributed by atoms with Crippen molar-refractivity contribution in [2.75, 3.05) is 6.54 Å².